The molecular formula is C13H12BrNO. The zero-order chi connectivity index (χ0) is 11.4. The Labute approximate surface area is 103 Å². The zero-order valence-electron chi connectivity index (χ0n) is 8.98. The largest absolute Gasteiger partial charge is 0.486 e. The van der Waals surface area contributed by atoms with Gasteiger partial charge in [-0.1, -0.05) is 12.1 Å². The van der Waals surface area contributed by atoms with Crippen LogP contribution >= 0.6 is 15.9 Å². The molecule has 2 nitrogen and oxygen atoms in total. The van der Waals surface area contributed by atoms with Crippen molar-refractivity contribution in [2.24, 2.45) is 0 Å². The standard InChI is InChI=1S/C13H12BrNO/c1-10-5-6-13(12(14)8-10)16-9-11-4-2-3-7-15-11/h2-8H,9H2,1H3. The van der Waals surface area contributed by atoms with Crippen molar-refractivity contribution in [1.29, 1.82) is 0 Å². The molecule has 82 valence electrons. The normalized spacial score (nSPS) is 10.1. The van der Waals surface area contributed by atoms with E-state index in [1.54, 1.807) is 6.20 Å². The lowest BCUT2D eigenvalue weighted by molar-refractivity contribution is 0.299. The summed E-state index contributed by atoms with van der Waals surface area (Å²) in [6.07, 6.45) is 1.77. The summed E-state index contributed by atoms with van der Waals surface area (Å²) in [7, 11) is 0. The Kier molecular flexibility index (Phi) is 3.57. The molecule has 0 aliphatic rings. The Morgan fingerprint density at radius 1 is 1.25 bits per heavy atom. The highest BCUT2D eigenvalue weighted by atomic mass is 79.9. The molecule has 0 saturated heterocycles. The molecule has 1 aromatic carbocycles. The lowest BCUT2D eigenvalue weighted by atomic mass is 10.2. The van der Waals surface area contributed by atoms with Crippen molar-refractivity contribution < 1.29 is 4.74 Å². The third kappa shape index (κ3) is 2.83. The molecule has 16 heavy (non-hydrogen) atoms. The molecule has 0 amide bonds. The summed E-state index contributed by atoms with van der Waals surface area (Å²) in [5.74, 6) is 0.844. The van der Waals surface area contributed by atoms with Gasteiger partial charge in [0, 0.05) is 6.20 Å². The summed E-state index contributed by atoms with van der Waals surface area (Å²) in [4.78, 5) is 4.20. The van der Waals surface area contributed by atoms with E-state index in [1.165, 1.54) is 5.56 Å². The SMILES string of the molecule is Cc1ccc(OCc2ccccn2)c(Br)c1. The average molecular weight is 278 g/mol. The van der Waals surface area contributed by atoms with Gasteiger partial charge in [0.1, 0.15) is 12.4 Å². The number of pyridine rings is 1. The lowest BCUT2D eigenvalue weighted by Gasteiger charge is -2.08. The Morgan fingerprint density at radius 3 is 2.81 bits per heavy atom. The van der Waals surface area contributed by atoms with E-state index >= 15 is 0 Å². The topological polar surface area (TPSA) is 22.1 Å². The number of rotatable bonds is 3. The van der Waals surface area contributed by atoms with Crippen LogP contribution in [0.1, 0.15) is 11.3 Å². The molecule has 0 aliphatic heterocycles. The van der Waals surface area contributed by atoms with Crippen molar-refractivity contribution in [3.05, 3.63) is 58.3 Å². The second-order valence-electron chi connectivity index (χ2n) is 3.54. The molecular weight excluding hydrogens is 266 g/mol. The van der Waals surface area contributed by atoms with Crippen LogP contribution in [0.5, 0.6) is 5.75 Å². The number of aromatic nitrogens is 1. The molecule has 1 heterocycles. The van der Waals surface area contributed by atoms with Gasteiger partial charge in [0.25, 0.3) is 0 Å². The van der Waals surface area contributed by atoms with Crippen molar-refractivity contribution in [3.63, 3.8) is 0 Å². The monoisotopic (exact) mass is 277 g/mol. The maximum Gasteiger partial charge on any atom is 0.134 e. The van der Waals surface area contributed by atoms with Crippen molar-refractivity contribution in [3.8, 4) is 5.75 Å². The van der Waals surface area contributed by atoms with E-state index in [0.717, 1.165) is 15.9 Å². The fourth-order valence-electron chi connectivity index (χ4n) is 1.36. The molecule has 3 heteroatoms. The Morgan fingerprint density at radius 2 is 2.12 bits per heavy atom. The maximum atomic E-state index is 5.67. The molecule has 0 unspecified atom stereocenters. The van der Waals surface area contributed by atoms with Crippen LogP contribution in [0.15, 0.2) is 47.1 Å². The van der Waals surface area contributed by atoms with Crippen molar-refractivity contribution in [1.82, 2.24) is 4.98 Å². The number of ether oxygens (including phenoxy) is 1. The second kappa shape index (κ2) is 5.12. The Bertz CT molecular complexity index is 471. The van der Waals surface area contributed by atoms with Crippen molar-refractivity contribution in [2.45, 2.75) is 13.5 Å². The van der Waals surface area contributed by atoms with E-state index in [9.17, 15) is 0 Å². The Balaban J connectivity index is 2.05. The average Bonchev–Trinajstić information content (AvgIpc) is 2.29. The van der Waals surface area contributed by atoms with Crippen LogP contribution in [0.3, 0.4) is 0 Å². The minimum Gasteiger partial charge on any atom is -0.486 e. The quantitative estimate of drug-likeness (QED) is 0.853. The van der Waals surface area contributed by atoms with E-state index in [4.69, 9.17) is 4.74 Å². The molecule has 0 bridgehead atoms. The molecule has 2 aromatic rings. The predicted octanol–water partition coefficient (Wildman–Crippen LogP) is 3.73. The molecule has 0 fully saturated rings. The minimum atomic E-state index is 0.489. The van der Waals surface area contributed by atoms with Crippen LogP contribution < -0.4 is 4.74 Å². The molecule has 2 rings (SSSR count). The van der Waals surface area contributed by atoms with Gasteiger partial charge in [0.05, 0.1) is 10.2 Å². The molecule has 0 saturated carbocycles. The minimum absolute atomic E-state index is 0.489. The Hall–Kier alpha value is -1.35. The molecule has 0 spiro atoms. The summed E-state index contributed by atoms with van der Waals surface area (Å²) in [5.41, 5.74) is 2.13. The first-order valence-corrected chi connectivity index (χ1v) is 5.84. The highest BCUT2D eigenvalue weighted by molar-refractivity contribution is 9.10. The number of hydrogen-bond donors (Lipinski definition) is 0. The lowest BCUT2D eigenvalue weighted by Crippen LogP contribution is -1.98. The summed E-state index contributed by atoms with van der Waals surface area (Å²) >= 11 is 3.48. The van der Waals surface area contributed by atoms with Crippen LogP contribution in [-0.4, -0.2) is 4.98 Å². The van der Waals surface area contributed by atoms with Crippen LogP contribution in [0.2, 0.25) is 0 Å². The van der Waals surface area contributed by atoms with Gasteiger partial charge in [0.2, 0.25) is 0 Å². The third-order valence-electron chi connectivity index (χ3n) is 2.19. The summed E-state index contributed by atoms with van der Waals surface area (Å²) in [5, 5.41) is 0. The van der Waals surface area contributed by atoms with Gasteiger partial charge < -0.3 is 4.74 Å². The first-order valence-electron chi connectivity index (χ1n) is 5.04. The number of benzene rings is 1. The van der Waals surface area contributed by atoms with E-state index < -0.39 is 0 Å². The van der Waals surface area contributed by atoms with Gasteiger partial charge in [-0.05, 0) is 52.7 Å². The van der Waals surface area contributed by atoms with Crippen LogP contribution in [0.4, 0.5) is 0 Å². The molecule has 0 aliphatic carbocycles. The molecule has 0 atom stereocenters. The summed E-state index contributed by atoms with van der Waals surface area (Å²) < 4.78 is 6.64. The van der Waals surface area contributed by atoms with Gasteiger partial charge in [-0.2, -0.15) is 0 Å². The number of halogens is 1. The molecule has 0 N–H and O–H groups in total. The van der Waals surface area contributed by atoms with E-state index in [-0.39, 0.29) is 0 Å². The zero-order valence-corrected chi connectivity index (χ0v) is 10.6. The fourth-order valence-corrected chi connectivity index (χ4v) is 1.97. The fraction of sp³-hybridized carbons (Fsp3) is 0.154. The van der Waals surface area contributed by atoms with Gasteiger partial charge in [-0.3, -0.25) is 4.98 Å². The van der Waals surface area contributed by atoms with Gasteiger partial charge in [-0.25, -0.2) is 0 Å². The number of nitrogens with zero attached hydrogens (tertiary/aromatic N) is 1. The number of aryl methyl sites for hydroxylation is 1. The van der Waals surface area contributed by atoms with Crippen LogP contribution in [-0.2, 0) is 6.61 Å². The van der Waals surface area contributed by atoms with E-state index in [0.29, 0.717) is 6.61 Å². The second-order valence-corrected chi connectivity index (χ2v) is 4.40. The first kappa shape index (κ1) is 11.1. The maximum absolute atomic E-state index is 5.67. The van der Waals surface area contributed by atoms with Crippen molar-refractivity contribution >= 4 is 15.9 Å². The predicted molar refractivity (Wildman–Crippen MR) is 67.4 cm³/mol. The van der Waals surface area contributed by atoms with Crippen LogP contribution in [0, 0.1) is 6.92 Å². The summed E-state index contributed by atoms with van der Waals surface area (Å²) in [6.45, 7) is 2.54. The van der Waals surface area contributed by atoms with E-state index in [2.05, 4.69) is 20.9 Å². The van der Waals surface area contributed by atoms with E-state index in [1.807, 2.05) is 43.3 Å². The van der Waals surface area contributed by atoms with Gasteiger partial charge >= 0.3 is 0 Å². The third-order valence-corrected chi connectivity index (χ3v) is 2.81. The molecule has 1 aromatic heterocycles. The smallest absolute Gasteiger partial charge is 0.134 e. The number of hydrogen-bond acceptors (Lipinski definition) is 2. The first-order chi connectivity index (χ1) is 7.75. The molecule has 0 radical (unpaired) electrons. The van der Waals surface area contributed by atoms with Crippen molar-refractivity contribution in [2.75, 3.05) is 0 Å². The summed E-state index contributed by atoms with van der Waals surface area (Å²) in [6, 6.07) is 11.8. The highest BCUT2D eigenvalue weighted by Crippen LogP contribution is 2.26. The van der Waals surface area contributed by atoms with Crippen LogP contribution in [0.25, 0.3) is 0 Å². The van der Waals surface area contributed by atoms with Gasteiger partial charge in [0.15, 0.2) is 0 Å². The highest BCUT2D eigenvalue weighted by Gasteiger charge is 2.01. The van der Waals surface area contributed by atoms with Gasteiger partial charge in [-0.15, -0.1) is 0 Å².